The van der Waals surface area contributed by atoms with E-state index in [-0.39, 0.29) is 0 Å². The van der Waals surface area contributed by atoms with Crippen molar-refractivity contribution in [2.75, 3.05) is 0 Å². The number of carbonyl (C=O) groups excluding carboxylic acids is 1. The second-order valence-electron chi connectivity index (χ2n) is 2.18. The summed E-state index contributed by atoms with van der Waals surface area (Å²) in [4.78, 5) is 29.1. The maximum Gasteiger partial charge on any atom is 0.455 e. The molecule has 0 aromatic carbocycles. The number of carboxylic acid groups (broad SMARTS) is 1. The molecule has 0 bridgehead atoms. The van der Waals surface area contributed by atoms with Crippen molar-refractivity contribution in [1.82, 2.24) is 0 Å². The zero-order valence-corrected chi connectivity index (χ0v) is 7.31. The molecule has 0 aromatic rings. The number of rotatable bonds is 4. The van der Waals surface area contributed by atoms with Gasteiger partial charge in [-0.15, -0.1) is 0 Å². The van der Waals surface area contributed by atoms with Crippen molar-refractivity contribution >= 4 is 19.7 Å². The largest absolute Gasteiger partial charge is 0.481 e. The van der Waals surface area contributed by atoms with Crippen LogP contribution in [0.4, 0.5) is 0 Å². The zero-order chi connectivity index (χ0) is 10.6. The molecule has 0 fully saturated rings. The van der Waals surface area contributed by atoms with E-state index in [1.54, 1.807) is 0 Å². The average Bonchev–Trinajstić information content (AvgIpc) is 1.81. The van der Waals surface area contributed by atoms with E-state index in [0.717, 1.165) is 0 Å². The van der Waals surface area contributed by atoms with Crippen molar-refractivity contribution in [2.45, 2.75) is 12.5 Å². The highest BCUT2D eigenvalue weighted by molar-refractivity contribution is 7.50. The van der Waals surface area contributed by atoms with E-state index in [9.17, 15) is 14.2 Å². The number of carbonyl (C=O) groups is 2. The summed E-state index contributed by atoms with van der Waals surface area (Å²) in [5, 5.41) is 8.18. The molecule has 76 valence electrons. The van der Waals surface area contributed by atoms with Gasteiger partial charge in [0.2, 0.25) is 0 Å². The summed E-state index contributed by atoms with van der Waals surface area (Å²) in [7, 11) is -4.44. The number of carboxylic acids is 1. The fourth-order valence-corrected chi connectivity index (χ4v) is 0.861. The van der Waals surface area contributed by atoms with E-state index in [4.69, 9.17) is 15.7 Å². The molecule has 0 rings (SSSR count). The Morgan fingerprint density at radius 1 is 1.54 bits per heavy atom. The molecular weight excluding hydrogens is 203 g/mol. The summed E-state index contributed by atoms with van der Waals surface area (Å²) in [5.74, 6) is -2.65. The predicted molar refractivity (Wildman–Crippen MR) is 40.3 cm³/mol. The summed E-state index contributed by atoms with van der Waals surface area (Å²) in [6.45, 7) is 0. The predicted octanol–water partition coefficient (Wildman–Crippen LogP) is -1.61. The van der Waals surface area contributed by atoms with Crippen LogP contribution >= 0.6 is 7.75 Å². The Hall–Kier alpha value is -0.950. The molecule has 0 heterocycles. The number of hydrogen-bond donors (Lipinski definition) is 4. The zero-order valence-electron chi connectivity index (χ0n) is 6.41. The van der Waals surface area contributed by atoms with Crippen molar-refractivity contribution in [3.63, 3.8) is 0 Å². The molecule has 2 atom stereocenters. The molecule has 6 N–H and O–H groups in total. The topological polar surface area (TPSA) is 153 Å². The van der Waals surface area contributed by atoms with Crippen LogP contribution in [0.3, 0.4) is 0 Å². The minimum absolute atomic E-state index is 0.696. The van der Waals surface area contributed by atoms with E-state index in [1.165, 1.54) is 0 Å². The third kappa shape index (κ3) is 6.23. The Labute approximate surface area is 73.1 Å². The molecule has 0 aromatic heterocycles. The standard InChI is InChI=1S/C4H9N2O6P/c5-2(1-3(7)8)4(9)12-13(6,10)11/h2H,1,5H2,(H,7,8)(H3,6,10,11)/t2-/m1/s1. The SMILES string of the molecule is N[C@H](CC(=O)O)C(=O)OP(N)(=O)O. The van der Waals surface area contributed by atoms with Gasteiger partial charge >= 0.3 is 19.7 Å². The third-order valence-corrected chi connectivity index (χ3v) is 1.36. The van der Waals surface area contributed by atoms with Crippen LogP contribution in [0.1, 0.15) is 6.42 Å². The van der Waals surface area contributed by atoms with E-state index >= 15 is 0 Å². The molecule has 0 spiro atoms. The monoisotopic (exact) mass is 212 g/mol. The molecule has 8 nitrogen and oxygen atoms in total. The lowest BCUT2D eigenvalue weighted by Crippen LogP contribution is -2.34. The van der Waals surface area contributed by atoms with Crippen molar-refractivity contribution in [2.24, 2.45) is 11.2 Å². The first-order valence-electron chi connectivity index (χ1n) is 3.04. The van der Waals surface area contributed by atoms with Crippen molar-refractivity contribution in [3.05, 3.63) is 0 Å². The second-order valence-corrected chi connectivity index (χ2v) is 3.49. The Morgan fingerprint density at radius 3 is 2.31 bits per heavy atom. The summed E-state index contributed by atoms with van der Waals surface area (Å²) in [6.07, 6.45) is -0.696. The van der Waals surface area contributed by atoms with Crippen molar-refractivity contribution in [3.8, 4) is 0 Å². The van der Waals surface area contributed by atoms with Crippen LogP contribution in [0.25, 0.3) is 0 Å². The number of hydrogen-bond acceptors (Lipinski definition) is 5. The Kier molecular flexibility index (Phi) is 4.02. The van der Waals surface area contributed by atoms with E-state index in [0.29, 0.717) is 0 Å². The fraction of sp³-hybridized carbons (Fsp3) is 0.500. The van der Waals surface area contributed by atoms with Gasteiger partial charge in [-0.1, -0.05) is 0 Å². The normalized spacial score (nSPS) is 17.2. The molecule has 0 amide bonds. The Balaban J connectivity index is 4.12. The van der Waals surface area contributed by atoms with E-state index < -0.39 is 32.1 Å². The Bertz CT molecular complexity index is 259. The molecule has 0 aliphatic heterocycles. The molecule has 0 radical (unpaired) electrons. The summed E-state index contributed by atoms with van der Waals surface area (Å²) >= 11 is 0. The maximum absolute atomic E-state index is 10.7. The molecule has 0 aliphatic rings. The van der Waals surface area contributed by atoms with Gasteiger partial charge < -0.3 is 20.3 Å². The van der Waals surface area contributed by atoms with Gasteiger partial charge in [0, 0.05) is 0 Å². The van der Waals surface area contributed by atoms with E-state index in [1.807, 2.05) is 0 Å². The molecule has 0 saturated heterocycles. The maximum atomic E-state index is 10.7. The first-order valence-corrected chi connectivity index (χ1v) is 4.69. The quantitative estimate of drug-likeness (QED) is 0.406. The average molecular weight is 212 g/mol. The lowest BCUT2D eigenvalue weighted by atomic mass is 10.2. The highest BCUT2D eigenvalue weighted by Crippen LogP contribution is 2.31. The van der Waals surface area contributed by atoms with Crippen LogP contribution in [-0.4, -0.2) is 28.0 Å². The third-order valence-electron chi connectivity index (χ3n) is 0.918. The number of aliphatic carboxylic acids is 1. The van der Waals surface area contributed by atoms with E-state index in [2.05, 4.69) is 10.0 Å². The second kappa shape index (κ2) is 4.33. The van der Waals surface area contributed by atoms with Crippen LogP contribution in [-0.2, 0) is 18.7 Å². The van der Waals surface area contributed by atoms with Crippen molar-refractivity contribution in [1.29, 1.82) is 0 Å². The van der Waals surface area contributed by atoms with Gasteiger partial charge in [0.25, 0.3) is 0 Å². The van der Waals surface area contributed by atoms with Crippen LogP contribution in [0.15, 0.2) is 0 Å². The van der Waals surface area contributed by atoms with Crippen LogP contribution in [0, 0.1) is 0 Å². The van der Waals surface area contributed by atoms with Gasteiger partial charge in [0.1, 0.15) is 6.04 Å². The lowest BCUT2D eigenvalue weighted by Gasteiger charge is -2.09. The summed E-state index contributed by atoms with van der Waals surface area (Å²) in [6, 6.07) is -1.50. The lowest BCUT2D eigenvalue weighted by molar-refractivity contribution is -0.143. The van der Waals surface area contributed by atoms with Crippen LogP contribution in [0.2, 0.25) is 0 Å². The van der Waals surface area contributed by atoms with Gasteiger partial charge in [0.15, 0.2) is 0 Å². The molecule has 0 aliphatic carbocycles. The van der Waals surface area contributed by atoms with Gasteiger partial charge in [-0.3, -0.25) is 4.79 Å². The first kappa shape index (κ1) is 12.0. The van der Waals surface area contributed by atoms with Gasteiger partial charge in [0.05, 0.1) is 6.42 Å². The minimum Gasteiger partial charge on any atom is -0.481 e. The highest BCUT2D eigenvalue weighted by atomic mass is 31.2. The molecule has 13 heavy (non-hydrogen) atoms. The molecule has 1 unspecified atom stereocenters. The van der Waals surface area contributed by atoms with Crippen molar-refractivity contribution < 1.29 is 28.7 Å². The van der Waals surface area contributed by atoms with Gasteiger partial charge in [-0.25, -0.2) is 14.9 Å². The molecule has 0 saturated carbocycles. The van der Waals surface area contributed by atoms with Crippen LogP contribution < -0.4 is 11.2 Å². The summed E-state index contributed by atoms with van der Waals surface area (Å²) < 4.78 is 14.1. The summed E-state index contributed by atoms with van der Waals surface area (Å²) in [5.41, 5.74) is 9.45. The number of nitrogens with two attached hydrogens (primary N) is 2. The van der Waals surface area contributed by atoms with Gasteiger partial charge in [-0.05, 0) is 0 Å². The van der Waals surface area contributed by atoms with Gasteiger partial charge in [-0.2, -0.15) is 0 Å². The fourth-order valence-electron chi connectivity index (χ4n) is 0.468. The highest BCUT2D eigenvalue weighted by Gasteiger charge is 2.25. The Morgan fingerprint density at radius 2 is 2.00 bits per heavy atom. The smallest absolute Gasteiger partial charge is 0.455 e. The first-order chi connectivity index (χ1) is 5.72. The molecular formula is C4H9N2O6P. The van der Waals surface area contributed by atoms with Crippen LogP contribution in [0.5, 0.6) is 0 Å². The molecule has 9 heteroatoms. The minimum atomic E-state index is -4.44.